The van der Waals surface area contributed by atoms with Gasteiger partial charge in [0.05, 0.1) is 0 Å². The molecule has 1 nitrogen and oxygen atoms in total. The molecule has 0 fully saturated rings. The molecular formula is C10H9NS. The van der Waals surface area contributed by atoms with Gasteiger partial charge in [0.15, 0.2) is 0 Å². The van der Waals surface area contributed by atoms with Crippen LogP contribution >= 0.6 is 11.8 Å². The molecule has 0 atom stereocenters. The molecule has 1 rings (SSSR count). The van der Waals surface area contributed by atoms with Crippen molar-refractivity contribution in [2.75, 3.05) is 0 Å². The molecule has 0 aliphatic heterocycles. The van der Waals surface area contributed by atoms with Crippen LogP contribution in [0.3, 0.4) is 0 Å². The molecular weight excluding hydrogens is 166 g/mol. The minimum absolute atomic E-state index is 0.886. The highest BCUT2D eigenvalue weighted by Crippen LogP contribution is 2.16. The lowest BCUT2D eigenvalue weighted by molar-refractivity contribution is 1.25. The van der Waals surface area contributed by atoms with Crippen molar-refractivity contribution >= 4 is 11.8 Å². The van der Waals surface area contributed by atoms with E-state index < -0.39 is 0 Å². The highest BCUT2D eigenvalue weighted by molar-refractivity contribution is 8.03. The summed E-state index contributed by atoms with van der Waals surface area (Å²) < 4.78 is 0. The van der Waals surface area contributed by atoms with Gasteiger partial charge in [-0.3, -0.25) is 0 Å². The first-order chi connectivity index (χ1) is 5.86. The Morgan fingerprint density at radius 1 is 1.42 bits per heavy atom. The number of hydrogen-bond donors (Lipinski definition) is 0. The molecule has 0 saturated carbocycles. The third-order valence-electron chi connectivity index (χ3n) is 1.47. The summed E-state index contributed by atoms with van der Waals surface area (Å²) in [6.07, 6.45) is 2.75. The van der Waals surface area contributed by atoms with Crippen LogP contribution in [-0.2, 0) is 6.42 Å². The molecule has 1 aromatic rings. The number of nitriles is 1. The predicted octanol–water partition coefficient (Wildman–Crippen LogP) is 2.99. The number of hydrogen-bond acceptors (Lipinski definition) is 2. The van der Waals surface area contributed by atoms with Crippen LogP contribution in [-0.4, -0.2) is 0 Å². The van der Waals surface area contributed by atoms with Gasteiger partial charge in [-0.15, -0.1) is 6.58 Å². The summed E-state index contributed by atoms with van der Waals surface area (Å²) in [5.41, 5.74) is 1.23. The molecule has 0 spiro atoms. The van der Waals surface area contributed by atoms with E-state index in [0.717, 1.165) is 11.3 Å². The van der Waals surface area contributed by atoms with E-state index in [1.165, 1.54) is 17.3 Å². The Labute approximate surface area is 76.7 Å². The van der Waals surface area contributed by atoms with Crippen molar-refractivity contribution in [3.63, 3.8) is 0 Å². The van der Waals surface area contributed by atoms with Crippen molar-refractivity contribution in [2.24, 2.45) is 0 Å². The zero-order chi connectivity index (χ0) is 8.81. The van der Waals surface area contributed by atoms with Crippen LogP contribution in [0, 0.1) is 10.7 Å². The van der Waals surface area contributed by atoms with Crippen LogP contribution in [0.4, 0.5) is 0 Å². The van der Waals surface area contributed by atoms with Gasteiger partial charge in [-0.2, -0.15) is 5.26 Å². The van der Waals surface area contributed by atoms with Crippen molar-refractivity contribution in [1.29, 1.82) is 5.26 Å². The number of nitrogens with zero attached hydrogens (tertiary/aromatic N) is 1. The maximum atomic E-state index is 8.39. The maximum Gasteiger partial charge on any atom is 0.138 e. The van der Waals surface area contributed by atoms with E-state index in [2.05, 4.69) is 6.58 Å². The predicted molar refractivity (Wildman–Crippen MR) is 51.8 cm³/mol. The van der Waals surface area contributed by atoms with Gasteiger partial charge >= 0.3 is 0 Å². The smallest absolute Gasteiger partial charge is 0.138 e. The molecule has 0 saturated heterocycles. The van der Waals surface area contributed by atoms with E-state index in [1.54, 1.807) is 0 Å². The van der Waals surface area contributed by atoms with E-state index in [4.69, 9.17) is 5.26 Å². The number of rotatable bonds is 3. The first-order valence-corrected chi connectivity index (χ1v) is 4.44. The van der Waals surface area contributed by atoms with Gasteiger partial charge in [-0.25, -0.2) is 0 Å². The molecule has 0 aliphatic rings. The Balaban J connectivity index is 2.72. The summed E-state index contributed by atoms with van der Waals surface area (Å²) in [5.74, 6) is 0. The van der Waals surface area contributed by atoms with Crippen LogP contribution in [0.15, 0.2) is 41.8 Å². The van der Waals surface area contributed by atoms with Gasteiger partial charge in [0.2, 0.25) is 0 Å². The largest absolute Gasteiger partial charge is 0.185 e. The van der Waals surface area contributed by atoms with Crippen molar-refractivity contribution in [3.05, 3.63) is 42.5 Å². The summed E-state index contributed by atoms with van der Waals surface area (Å²) in [6, 6.07) is 7.93. The molecule has 1 aromatic carbocycles. The molecule has 0 amide bonds. The fourth-order valence-corrected chi connectivity index (χ4v) is 1.29. The molecule has 0 N–H and O–H groups in total. The van der Waals surface area contributed by atoms with Gasteiger partial charge < -0.3 is 0 Å². The average molecular weight is 175 g/mol. The Hall–Kier alpha value is -1.20. The second kappa shape index (κ2) is 4.63. The molecule has 0 heterocycles. The van der Waals surface area contributed by atoms with E-state index in [0.29, 0.717) is 0 Å². The third kappa shape index (κ3) is 2.44. The van der Waals surface area contributed by atoms with E-state index >= 15 is 0 Å². The maximum absolute atomic E-state index is 8.39. The van der Waals surface area contributed by atoms with E-state index in [1.807, 2.05) is 35.7 Å². The Kier molecular flexibility index (Phi) is 3.43. The summed E-state index contributed by atoms with van der Waals surface area (Å²) in [4.78, 5) is 0.991. The highest BCUT2D eigenvalue weighted by atomic mass is 32.2. The topological polar surface area (TPSA) is 23.8 Å². The van der Waals surface area contributed by atoms with Crippen LogP contribution in [0.2, 0.25) is 0 Å². The van der Waals surface area contributed by atoms with Crippen LogP contribution in [0.25, 0.3) is 0 Å². The molecule has 2 heteroatoms. The standard InChI is InChI=1S/C10H9NS/c1-2-3-9-4-6-10(7-5-9)12-8-11/h2,4-7H,1,3H2. The molecule has 12 heavy (non-hydrogen) atoms. The van der Waals surface area contributed by atoms with Gasteiger partial charge in [-0.05, 0) is 35.9 Å². The highest BCUT2D eigenvalue weighted by Gasteiger charge is 1.92. The monoisotopic (exact) mass is 175 g/mol. The SMILES string of the molecule is C=CCc1ccc(SC#N)cc1. The zero-order valence-corrected chi connectivity index (χ0v) is 7.47. The Morgan fingerprint density at radius 2 is 2.08 bits per heavy atom. The van der Waals surface area contributed by atoms with Crippen molar-refractivity contribution in [3.8, 4) is 5.40 Å². The zero-order valence-electron chi connectivity index (χ0n) is 6.66. The van der Waals surface area contributed by atoms with Crippen LogP contribution in [0.1, 0.15) is 5.56 Å². The average Bonchev–Trinajstić information content (AvgIpc) is 2.09. The van der Waals surface area contributed by atoms with E-state index in [-0.39, 0.29) is 0 Å². The van der Waals surface area contributed by atoms with Crippen molar-refractivity contribution in [2.45, 2.75) is 11.3 Å². The van der Waals surface area contributed by atoms with Gasteiger partial charge in [0, 0.05) is 4.90 Å². The lowest BCUT2D eigenvalue weighted by Gasteiger charge is -1.96. The van der Waals surface area contributed by atoms with Gasteiger partial charge in [0.25, 0.3) is 0 Å². The summed E-state index contributed by atoms with van der Waals surface area (Å²) in [5, 5.41) is 10.4. The van der Waals surface area contributed by atoms with Crippen LogP contribution in [0.5, 0.6) is 0 Å². The van der Waals surface area contributed by atoms with Crippen molar-refractivity contribution < 1.29 is 0 Å². The van der Waals surface area contributed by atoms with Crippen molar-refractivity contribution in [1.82, 2.24) is 0 Å². The lowest BCUT2D eigenvalue weighted by Crippen LogP contribution is -1.78. The molecule has 0 unspecified atom stereocenters. The van der Waals surface area contributed by atoms with Gasteiger partial charge in [-0.1, -0.05) is 18.2 Å². The second-order valence-electron chi connectivity index (χ2n) is 2.33. The number of benzene rings is 1. The quantitative estimate of drug-likeness (QED) is 0.400. The lowest BCUT2D eigenvalue weighted by atomic mass is 10.2. The molecule has 60 valence electrons. The summed E-state index contributed by atoms with van der Waals surface area (Å²) in [7, 11) is 0. The summed E-state index contributed by atoms with van der Waals surface area (Å²) >= 11 is 1.18. The minimum atomic E-state index is 0.886. The first kappa shape index (κ1) is 8.89. The minimum Gasteiger partial charge on any atom is -0.185 e. The fraction of sp³-hybridized carbons (Fsp3) is 0.100. The molecule has 0 aromatic heterocycles. The van der Waals surface area contributed by atoms with E-state index in [9.17, 15) is 0 Å². The number of thiocyanates is 1. The normalized spacial score (nSPS) is 8.92. The first-order valence-electron chi connectivity index (χ1n) is 3.62. The van der Waals surface area contributed by atoms with Crippen LogP contribution < -0.4 is 0 Å². The Bertz CT molecular complexity index is 295. The number of thioether (sulfide) groups is 1. The second-order valence-corrected chi connectivity index (χ2v) is 3.19. The van der Waals surface area contributed by atoms with Gasteiger partial charge in [0.1, 0.15) is 5.40 Å². The molecule has 0 radical (unpaired) electrons. The molecule has 0 bridgehead atoms. The fourth-order valence-electron chi connectivity index (χ4n) is 0.913. The molecule has 0 aliphatic carbocycles. The summed E-state index contributed by atoms with van der Waals surface area (Å²) in [6.45, 7) is 3.66. The third-order valence-corrected chi connectivity index (χ3v) is 2.07. The Morgan fingerprint density at radius 3 is 2.58 bits per heavy atom. The number of allylic oxidation sites excluding steroid dienone is 1.